The molecule has 4 rings (SSSR count). The number of hydrogen-bond donors (Lipinski definition) is 0. The van der Waals surface area contributed by atoms with Crippen LogP contribution < -0.4 is 10.4 Å². The summed E-state index contributed by atoms with van der Waals surface area (Å²) in [5.41, 5.74) is 1.58. The van der Waals surface area contributed by atoms with Crippen molar-refractivity contribution in [2.45, 2.75) is 6.92 Å². The highest BCUT2D eigenvalue weighted by Crippen LogP contribution is 2.33. The molecule has 140 valence electrons. The van der Waals surface area contributed by atoms with E-state index < -0.39 is 10.5 Å². The Hall–Kier alpha value is -3.52. The van der Waals surface area contributed by atoms with Crippen LogP contribution in [0.1, 0.15) is 6.92 Å². The molecular weight excluding hydrogens is 380 g/mol. The molecule has 0 aliphatic heterocycles. The molecule has 0 N–H and O–H groups in total. The van der Waals surface area contributed by atoms with Crippen LogP contribution in [0, 0.1) is 10.1 Å². The molecule has 0 aliphatic rings. The summed E-state index contributed by atoms with van der Waals surface area (Å²) >= 11 is 1.34. The van der Waals surface area contributed by atoms with Gasteiger partial charge < -0.3 is 9.15 Å². The number of fused-ring (bicyclic) bond motifs is 1. The van der Waals surface area contributed by atoms with Gasteiger partial charge in [-0.15, -0.1) is 11.3 Å². The number of nitrogens with zero attached hydrogens (tertiary/aromatic N) is 2. The summed E-state index contributed by atoms with van der Waals surface area (Å²) in [6, 6.07) is 13.2. The van der Waals surface area contributed by atoms with Crippen molar-refractivity contribution in [2.75, 3.05) is 6.61 Å². The van der Waals surface area contributed by atoms with Gasteiger partial charge in [0, 0.05) is 28.6 Å². The molecule has 0 saturated heterocycles. The van der Waals surface area contributed by atoms with E-state index in [2.05, 4.69) is 4.98 Å². The van der Waals surface area contributed by atoms with Crippen LogP contribution in [0.15, 0.2) is 63.1 Å². The van der Waals surface area contributed by atoms with Gasteiger partial charge in [-0.05, 0) is 36.8 Å². The second-order valence-corrected chi connectivity index (χ2v) is 6.76. The molecule has 0 atom stereocenters. The third-order valence-electron chi connectivity index (χ3n) is 4.17. The minimum absolute atomic E-state index is 0.0407. The monoisotopic (exact) mass is 394 g/mol. The Balaban J connectivity index is 1.75. The second-order valence-electron chi connectivity index (χ2n) is 5.90. The van der Waals surface area contributed by atoms with E-state index in [4.69, 9.17) is 9.15 Å². The van der Waals surface area contributed by atoms with Crippen molar-refractivity contribution in [3.8, 4) is 28.3 Å². The van der Waals surface area contributed by atoms with E-state index in [1.54, 1.807) is 0 Å². The van der Waals surface area contributed by atoms with Gasteiger partial charge >= 0.3 is 5.63 Å². The van der Waals surface area contributed by atoms with Crippen molar-refractivity contribution in [1.29, 1.82) is 0 Å². The van der Waals surface area contributed by atoms with Gasteiger partial charge in [0.05, 0.1) is 11.5 Å². The lowest BCUT2D eigenvalue weighted by atomic mass is 10.1. The number of ether oxygens (including phenoxy) is 1. The molecule has 4 aromatic rings. The summed E-state index contributed by atoms with van der Waals surface area (Å²) in [5, 5.41) is 13.1. The maximum Gasteiger partial charge on any atom is 0.348 e. The highest BCUT2D eigenvalue weighted by Gasteiger charge is 2.16. The van der Waals surface area contributed by atoms with Crippen LogP contribution in [0.5, 0.6) is 5.75 Å². The lowest BCUT2D eigenvalue weighted by Gasteiger charge is -2.04. The smallest absolute Gasteiger partial charge is 0.348 e. The molecule has 28 heavy (non-hydrogen) atoms. The normalized spacial score (nSPS) is 10.9. The Kier molecular flexibility index (Phi) is 4.62. The predicted octanol–water partition coefficient (Wildman–Crippen LogP) is 4.89. The molecule has 2 heterocycles. The van der Waals surface area contributed by atoms with Crippen LogP contribution in [0.25, 0.3) is 32.8 Å². The van der Waals surface area contributed by atoms with Crippen molar-refractivity contribution < 1.29 is 14.1 Å². The van der Waals surface area contributed by atoms with E-state index in [0.717, 1.165) is 16.9 Å². The second kappa shape index (κ2) is 7.24. The first kappa shape index (κ1) is 17.9. The van der Waals surface area contributed by atoms with E-state index in [1.807, 2.05) is 36.6 Å². The minimum Gasteiger partial charge on any atom is -0.494 e. The molecule has 0 radical (unpaired) electrons. The largest absolute Gasteiger partial charge is 0.494 e. The summed E-state index contributed by atoms with van der Waals surface area (Å²) < 4.78 is 10.9. The van der Waals surface area contributed by atoms with Crippen molar-refractivity contribution in [3.05, 3.63) is 74.4 Å². The van der Waals surface area contributed by atoms with Gasteiger partial charge in [-0.1, -0.05) is 12.1 Å². The first-order valence-electron chi connectivity index (χ1n) is 8.47. The van der Waals surface area contributed by atoms with E-state index in [-0.39, 0.29) is 11.6 Å². The van der Waals surface area contributed by atoms with E-state index >= 15 is 0 Å². The quantitative estimate of drug-likeness (QED) is 0.353. The summed E-state index contributed by atoms with van der Waals surface area (Å²) in [5.74, 6) is 0.892. The van der Waals surface area contributed by atoms with Gasteiger partial charge in [0.1, 0.15) is 16.0 Å². The van der Waals surface area contributed by atoms with Crippen molar-refractivity contribution in [1.82, 2.24) is 4.98 Å². The van der Waals surface area contributed by atoms with Crippen LogP contribution in [0.4, 0.5) is 5.69 Å². The molecule has 0 spiro atoms. The molecule has 7 nitrogen and oxygen atoms in total. The zero-order valence-electron chi connectivity index (χ0n) is 14.7. The molecule has 0 aliphatic carbocycles. The first-order valence-corrected chi connectivity index (χ1v) is 9.35. The fraction of sp³-hybridized carbons (Fsp3) is 0.100. The summed E-state index contributed by atoms with van der Waals surface area (Å²) in [7, 11) is 0. The maximum absolute atomic E-state index is 12.6. The number of rotatable bonds is 5. The fourth-order valence-electron chi connectivity index (χ4n) is 2.84. The number of nitro benzene ring substituents is 1. The van der Waals surface area contributed by atoms with E-state index in [1.165, 1.54) is 35.6 Å². The zero-order valence-corrected chi connectivity index (χ0v) is 15.6. The van der Waals surface area contributed by atoms with Crippen LogP contribution >= 0.6 is 11.3 Å². The highest BCUT2D eigenvalue weighted by molar-refractivity contribution is 7.17. The predicted molar refractivity (Wildman–Crippen MR) is 107 cm³/mol. The number of nitro groups is 1. The third-order valence-corrected chi connectivity index (χ3v) is 5.04. The standard InChI is InChI=1S/C20H14N2O5S/c1-2-26-15-9-5-12(6-10-15)16-11-28-19-17(16)20(23)27-18(21-19)13-3-7-14(8-4-13)22(24)25/h3-11H,2H2,1H3. The molecule has 2 aromatic carbocycles. The molecule has 0 amide bonds. The number of hydrogen-bond acceptors (Lipinski definition) is 7. The fourth-order valence-corrected chi connectivity index (χ4v) is 3.77. The van der Waals surface area contributed by atoms with Gasteiger partial charge in [0.2, 0.25) is 5.89 Å². The van der Waals surface area contributed by atoms with E-state index in [9.17, 15) is 14.9 Å². The van der Waals surface area contributed by atoms with Gasteiger partial charge in [-0.3, -0.25) is 10.1 Å². The minimum atomic E-state index is -0.497. The third kappa shape index (κ3) is 3.25. The lowest BCUT2D eigenvalue weighted by Crippen LogP contribution is -2.02. The SMILES string of the molecule is CCOc1ccc(-c2csc3nc(-c4ccc([N+](=O)[O-])cc4)oc(=O)c23)cc1. The van der Waals surface area contributed by atoms with Crippen molar-refractivity contribution in [2.24, 2.45) is 0 Å². The van der Waals surface area contributed by atoms with E-state index in [0.29, 0.717) is 22.4 Å². The van der Waals surface area contributed by atoms with Crippen LogP contribution in [0.3, 0.4) is 0 Å². The molecule has 0 saturated carbocycles. The summed E-state index contributed by atoms with van der Waals surface area (Å²) in [6.07, 6.45) is 0. The molecule has 8 heteroatoms. The Bertz CT molecular complexity index is 1210. The van der Waals surface area contributed by atoms with Crippen LogP contribution in [-0.4, -0.2) is 16.5 Å². The lowest BCUT2D eigenvalue weighted by molar-refractivity contribution is -0.384. The number of aromatic nitrogens is 1. The van der Waals surface area contributed by atoms with Crippen LogP contribution in [-0.2, 0) is 0 Å². The maximum atomic E-state index is 12.6. The van der Waals surface area contributed by atoms with Gasteiger partial charge in [-0.2, -0.15) is 0 Å². The van der Waals surface area contributed by atoms with Crippen LogP contribution in [0.2, 0.25) is 0 Å². The molecular formula is C20H14N2O5S. The number of thiophene rings is 1. The molecule has 0 bridgehead atoms. The Morgan fingerprint density at radius 1 is 1.11 bits per heavy atom. The Morgan fingerprint density at radius 2 is 1.79 bits per heavy atom. The summed E-state index contributed by atoms with van der Waals surface area (Å²) in [4.78, 5) is 27.9. The average Bonchev–Trinajstić information content (AvgIpc) is 3.13. The summed E-state index contributed by atoms with van der Waals surface area (Å²) in [6.45, 7) is 2.50. The molecule has 2 aromatic heterocycles. The molecule has 0 fully saturated rings. The Morgan fingerprint density at radius 3 is 2.43 bits per heavy atom. The van der Waals surface area contributed by atoms with Crippen molar-refractivity contribution >= 4 is 27.2 Å². The van der Waals surface area contributed by atoms with Gasteiger partial charge in [0.25, 0.3) is 5.69 Å². The average molecular weight is 394 g/mol. The highest BCUT2D eigenvalue weighted by atomic mass is 32.1. The number of benzene rings is 2. The topological polar surface area (TPSA) is 95.5 Å². The number of non-ortho nitro benzene ring substituents is 1. The zero-order chi connectivity index (χ0) is 19.7. The van der Waals surface area contributed by atoms with Gasteiger partial charge in [0.15, 0.2) is 0 Å². The molecule has 0 unspecified atom stereocenters. The van der Waals surface area contributed by atoms with Gasteiger partial charge in [-0.25, -0.2) is 9.78 Å². The Labute approximate surface area is 163 Å². The van der Waals surface area contributed by atoms with Crippen molar-refractivity contribution in [3.63, 3.8) is 0 Å². The first-order chi connectivity index (χ1) is 13.6.